The number of anilines is 1. The molecule has 14 heteroatoms. The number of likely N-dealkylation sites (tertiary alicyclic amines) is 1. The Hall–Kier alpha value is -5.60. The molecule has 0 unspecified atom stereocenters. The van der Waals surface area contributed by atoms with Crippen LogP contribution in [0, 0.1) is 0 Å². The third-order valence-corrected chi connectivity index (χ3v) is 7.97. The average Bonchev–Trinajstić information content (AvgIpc) is 3.87. The first-order valence-corrected chi connectivity index (χ1v) is 16.0. The van der Waals surface area contributed by atoms with Crippen molar-refractivity contribution in [3.63, 3.8) is 0 Å². The number of carbonyl (C=O) groups excluding carboxylic acids is 1. The van der Waals surface area contributed by atoms with Crippen molar-refractivity contribution >= 4 is 22.8 Å². The Morgan fingerprint density at radius 1 is 0.896 bits per heavy atom. The summed E-state index contributed by atoms with van der Waals surface area (Å²) >= 11 is 0. The number of amides is 1. The van der Waals surface area contributed by atoms with Gasteiger partial charge in [-0.1, -0.05) is 18.2 Å². The van der Waals surface area contributed by atoms with Gasteiger partial charge in [-0.15, -0.1) is 0 Å². The van der Waals surface area contributed by atoms with Crippen LogP contribution in [-0.4, -0.2) is 82.4 Å². The van der Waals surface area contributed by atoms with Gasteiger partial charge in [0.15, 0.2) is 5.65 Å². The summed E-state index contributed by atoms with van der Waals surface area (Å²) in [6.07, 6.45) is 14.4. The number of nitrogens with one attached hydrogen (secondary N) is 1. The van der Waals surface area contributed by atoms with Crippen LogP contribution >= 0.6 is 0 Å². The molecule has 0 aliphatic carbocycles. The van der Waals surface area contributed by atoms with E-state index in [0.29, 0.717) is 42.2 Å². The molecule has 0 saturated carbocycles. The molecule has 1 amide bonds. The molecule has 5 N–H and O–H groups in total. The highest BCUT2D eigenvalue weighted by atomic mass is 16.5. The number of rotatable bonds is 13. The lowest BCUT2D eigenvalue weighted by atomic mass is 10.1. The summed E-state index contributed by atoms with van der Waals surface area (Å²) in [5.74, 6) is 1.94. The van der Waals surface area contributed by atoms with E-state index in [1.54, 1.807) is 25.0 Å². The van der Waals surface area contributed by atoms with Gasteiger partial charge in [0.1, 0.15) is 29.3 Å². The molecule has 14 nitrogen and oxygen atoms in total. The topological polar surface area (TPSA) is 173 Å². The summed E-state index contributed by atoms with van der Waals surface area (Å²) in [7, 11) is 0. The van der Waals surface area contributed by atoms with Crippen LogP contribution in [0.15, 0.2) is 98.4 Å². The van der Waals surface area contributed by atoms with Crippen molar-refractivity contribution in [2.75, 3.05) is 38.5 Å². The van der Waals surface area contributed by atoms with Gasteiger partial charge in [0, 0.05) is 56.5 Å². The van der Waals surface area contributed by atoms with Crippen LogP contribution in [0.3, 0.4) is 0 Å². The van der Waals surface area contributed by atoms with E-state index < -0.39 is 0 Å². The van der Waals surface area contributed by atoms with Gasteiger partial charge in [0.25, 0.3) is 0 Å². The van der Waals surface area contributed by atoms with E-state index in [9.17, 15) is 4.79 Å². The van der Waals surface area contributed by atoms with E-state index in [4.69, 9.17) is 21.3 Å². The second-order valence-corrected chi connectivity index (χ2v) is 11.4. The second kappa shape index (κ2) is 15.8. The number of ether oxygens (including phenoxy) is 1. The monoisotopic (exact) mass is 648 g/mol. The number of hydrogen-bond acceptors (Lipinski definition) is 10. The van der Waals surface area contributed by atoms with Crippen LogP contribution in [0.4, 0.5) is 5.82 Å². The number of hydrogen-bond donors (Lipinski definition) is 3. The highest BCUT2D eigenvalue weighted by molar-refractivity contribution is 5.98. The summed E-state index contributed by atoms with van der Waals surface area (Å²) in [5, 5.41) is 8.84. The number of fused-ring (bicyclic) bond motifs is 1. The van der Waals surface area contributed by atoms with Crippen molar-refractivity contribution in [1.29, 1.82) is 0 Å². The lowest BCUT2D eigenvalue weighted by molar-refractivity contribution is -0.136. The molecule has 4 aromatic heterocycles. The van der Waals surface area contributed by atoms with E-state index in [1.807, 2.05) is 85.7 Å². The summed E-state index contributed by atoms with van der Waals surface area (Å²) in [5.41, 5.74) is 13.8. The number of nitrogens with zero attached hydrogens (tertiary/aromatic N) is 9. The zero-order valence-corrected chi connectivity index (χ0v) is 26.7. The van der Waals surface area contributed by atoms with Gasteiger partial charge in [-0.3, -0.25) is 4.79 Å². The molecule has 1 saturated heterocycles. The number of aryl methyl sites for hydroxylation is 2. The maximum absolute atomic E-state index is 12.7. The molecule has 6 aromatic rings. The lowest BCUT2D eigenvalue weighted by Crippen LogP contribution is -2.53. The minimum Gasteiger partial charge on any atom is -0.457 e. The van der Waals surface area contributed by atoms with Crippen molar-refractivity contribution in [3.8, 4) is 22.8 Å². The summed E-state index contributed by atoms with van der Waals surface area (Å²) in [6.45, 7) is 4.82. The number of nitrogens with two attached hydrogens (primary N) is 2. The van der Waals surface area contributed by atoms with Crippen molar-refractivity contribution in [1.82, 2.24) is 49.1 Å². The predicted molar refractivity (Wildman–Crippen MR) is 183 cm³/mol. The first-order valence-electron chi connectivity index (χ1n) is 16.0. The van der Waals surface area contributed by atoms with Crippen LogP contribution in [0.5, 0.6) is 11.5 Å². The number of para-hydroxylation sites is 1. The normalized spacial score (nSPS) is 12.8. The smallest absolute Gasteiger partial charge is 0.236 e. The van der Waals surface area contributed by atoms with Gasteiger partial charge in [0.2, 0.25) is 5.91 Å². The van der Waals surface area contributed by atoms with Crippen LogP contribution in [0.2, 0.25) is 0 Å². The molecule has 248 valence electrons. The fourth-order valence-electron chi connectivity index (χ4n) is 5.38. The van der Waals surface area contributed by atoms with E-state index in [-0.39, 0.29) is 11.9 Å². The fourth-order valence-corrected chi connectivity index (χ4v) is 5.38. The van der Waals surface area contributed by atoms with Gasteiger partial charge in [-0.25, -0.2) is 24.6 Å². The van der Waals surface area contributed by atoms with Gasteiger partial charge in [0.05, 0.1) is 30.6 Å². The quantitative estimate of drug-likeness (QED) is 0.158. The minimum absolute atomic E-state index is 0.0152. The number of benzene rings is 2. The van der Waals surface area contributed by atoms with E-state index in [1.165, 1.54) is 6.33 Å². The lowest BCUT2D eigenvalue weighted by Gasteiger charge is -2.39. The first-order chi connectivity index (χ1) is 23.6. The van der Waals surface area contributed by atoms with E-state index >= 15 is 0 Å². The Labute approximate surface area is 278 Å². The fraction of sp³-hybridized carbons (Fsp3) is 0.294. The van der Waals surface area contributed by atoms with Crippen molar-refractivity contribution in [2.45, 2.75) is 32.0 Å². The molecule has 1 aliphatic rings. The first kappa shape index (κ1) is 32.3. The Bertz CT molecular complexity index is 1850. The van der Waals surface area contributed by atoms with Crippen LogP contribution in [0.1, 0.15) is 18.9 Å². The van der Waals surface area contributed by atoms with E-state index in [0.717, 1.165) is 56.1 Å². The molecular weight excluding hydrogens is 608 g/mol. The molecule has 5 heterocycles. The Morgan fingerprint density at radius 2 is 1.58 bits per heavy atom. The number of aromatic nitrogens is 8. The average molecular weight is 649 g/mol. The summed E-state index contributed by atoms with van der Waals surface area (Å²) in [6, 6.07) is 17.4. The summed E-state index contributed by atoms with van der Waals surface area (Å²) < 4.78 is 11.8. The van der Waals surface area contributed by atoms with Gasteiger partial charge in [-0.05, 0) is 62.3 Å². The Balaban J connectivity index is 0.000000388. The zero-order chi connectivity index (χ0) is 33.1. The second-order valence-electron chi connectivity index (χ2n) is 11.4. The molecule has 7 rings (SSSR count). The molecular formula is C34H40N12O2. The largest absolute Gasteiger partial charge is 0.457 e. The van der Waals surface area contributed by atoms with E-state index in [2.05, 4.69) is 25.3 Å². The van der Waals surface area contributed by atoms with Gasteiger partial charge in [-0.2, -0.15) is 5.10 Å². The Morgan fingerprint density at radius 3 is 2.25 bits per heavy atom. The maximum atomic E-state index is 12.7. The molecule has 1 fully saturated rings. The molecule has 0 atom stereocenters. The van der Waals surface area contributed by atoms with Crippen molar-refractivity contribution in [2.24, 2.45) is 5.73 Å². The maximum Gasteiger partial charge on any atom is 0.236 e. The molecule has 2 aromatic carbocycles. The molecule has 0 radical (unpaired) electrons. The summed E-state index contributed by atoms with van der Waals surface area (Å²) in [4.78, 5) is 31.1. The van der Waals surface area contributed by atoms with Crippen LogP contribution in [-0.2, 0) is 17.9 Å². The van der Waals surface area contributed by atoms with Crippen LogP contribution in [0.25, 0.3) is 22.3 Å². The Kier molecular flexibility index (Phi) is 10.6. The number of imidazole rings is 2. The zero-order valence-electron chi connectivity index (χ0n) is 26.7. The highest BCUT2D eigenvalue weighted by Gasteiger charge is 2.34. The molecule has 0 bridgehead atoms. The van der Waals surface area contributed by atoms with Crippen molar-refractivity contribution < 1.29 is 9.53 Å². The number of nitrogen functional groups attached to an aromatic ring is 1. The standard InChI is InChI=1S/C28H29N9O2.C6H11N3/c29-27-25-26(20-7-9-23(10-8-20)39-22-5-2-1-3-6-22)34-37(28(25)33-18-32-27)21-16-36(17-21)24(38)15-30-11-4-13-35-14-12-31-19-35;7-2-1-4-9-5-3-8-6-9/h1-3,5-10,12,14,18-19,21,30H,4,11,13,15-17H2,(H2,29,32,33);3,5-6H,1-2,4,7H2. The highest BCUT2D eigenvalue weighted by Crippen LogP contribution is 2.34. The van der Waals surface area contributed by atoms with Crippen molar-refractivity contribution in [3.05, 3.63) is 98.4 Å². The SMILES string of the molecule is NCCCn1ccnc1.Nc1ncnc2c1c(-c1ccc(Oc3ccccc3)cc1)nn2C1CN(C(=O)CNCCCn2ccnc2)C1. The van der Waals surface area contributed by atoms with Gasteiger partial charge < -0.3 is 35.6 Å². The molecule has 48 heavy (non-hydrogen) atoms. The minimum atomic E-state index is 0.0152. The predicted octanol–water partition coefficient (Wildman–Crippen LogP) is 3.36. The molecule has 1 aliphatic heterocycles. The third-order valence-electron chi connectivity index (χ3n) is 7.97. The molecule has 0 spiro atoms. The third kappa shape index (κ3) is 8.03. The van der Waals surface area contributed by atoms with Gasteiger partial charge >= 0.3 is 0 Å². The number of carbonyl (C=O) groups is 1. The van der Waals surface area contributed by atoms with Crippen LogP contribution < -0.4 is 21.5 Å².